The summed E-state index contributed by atoms with van der Waals surface area (Å²) in [7, 11) is -3.78. The fourth-order valence-electron chi connectivity index (χ4n) is 3.56. The Hall–Kier alpha value is -2.35. The van der Waals surface area contributed by atoms with Crippen LogP contribution >= 0.6 is 11.6 Å². The zero-order chi connectivity index (χ0) is 23.0. The Morgan fingerprint density at radius 2 is 1.94 bits per heavy atom. The van der Waals surface area contributed by atoms with Gasteiger partial charge in [-0.3, -0.25) is 4.79 Å². The van der Waals surface area contributed by atoms with Crippen molar-refractivity contribution in [1.82, 2.24) is 10.0 Å². The van der Waals surface area contributed by atoms with Crippen LogP contribution in [-0.4, -0.2) is 27.5 Å². The normalized spacial score (nSPS) is 15.0. The van der Waals surface area contributed by atoms with Crippen LogP contribution in [-0.2, 0) is 14.8 Å². The number of carbonyl (C=O) groups is 1. The van der Waals surface area contributed by atoms with Crippen molar-refractivity contribution in [2.24, 2.45) is 0 Å². The summed E-state index contributed by atoms with van der Waals surface area (Å²) in [5.41, 5.74) is 2.25. The molecule has 0 saturated carbocycles. The molecule has 0 radical (unpaired) electrons. The Morgan fingerprint density at radius 3 is 2.62 bits per heavy atom. The summed E-state index contributed by atoms with van der Waals surface area (Å²) in [6.45, 7) is 2.16. The molecule has 0 aromatic heterocycles. The summed E-state index contributed by atoms with van der Waals surface area (Å²) in [6.07, 6.45) is 7.80. The molecule has 2 aromatic carbocycles. The van der Waals surface area contributed by atoms with E-state index in [2.05, 4.69) is 16.1 Å². The molecule has 1 aliphatic rings. The minimum atomic E-state index is -3.78. The first kappa shape index (κ1) is 24.3. The van der Waals surface area contributed by atoms with E-state index in [1.165, 1.54) is 36.6 Å². The molecule has 1 aliphatic carbocycles. The number of benzene rings is 2. The van der Waals surface area contributed by atoms with Gasteiger partial charge in [0.15, 0.2) is 6.61 Å². The second-order valence-electron chi connectivity index (χ2n) is 7.84. The molecule has 172 valence electrons. The molecular formula is C24H29ClN2O4S. The maximum absolute atomic E-state index is 12.7. The van der Waals surface area contributed by atoms with Gasteiger partial charge in [-0.1, -0.05) is 53.6 Å². The third-order valence-electron chi connectivity index (χ3n) is 5.36. The third kappa shape index (κ3) is 7.08. The van der Waals surface area contributed by atoms with Gasteiger partial charge in [-0.15, -0.1) is 0 Å². The van der Waals surface area contributed by atoms with Gasteiger partial charge in [-0.25, -0.2) is 13.1 Å². The van der Waals surface area contributed by atoms with Gasteiger partial charge < -0.3 is 10.1 Å². The third-order valence-corrected chi connectivity index (χ3v) is 7.19. The number of allylic oxidation sites excluding steroid dienone is 1. The van der Waals surface area contributed by atoms with Crippen molar-refractivity contribution in [1.29, 1.82) is 0 Å². The van der Waals surface area contributed by atoms with Gasteiger partial charge in [0, 0.05) is 12.6 Å². The highest BCUT2D eigenvalue weighted by atomic mass is 35.5. The highest BCUT2D eigenvalue weighted by molar-refractivity contribution is 7.89. The number of hydrogen-bond acceptors (Lipinski definition) is 4. The van der Waals surface area contributed by atoms with Crippen LogP contribution in [0.4, 0.5) is 0 Å². The van der Waals surface area contributed by atoms with Crippen LogP contribution in [0, 0.1) is 0 Å². The van der Waals surface area contributed by atoms with Crippen LogP contribution < -0.4 is 14.8 Å². The van der Waals surface area contributed by atoms with Gasteiger partial charge in [-0.05, 0) is 62.8 Å². The van der Waals surface area contributed by atoms with E-state index in [9.17, 15) is 13.2 Å². The van der Waals surface area contributed by atoms with Gasteiger partial charge in [0.05, 0.1) is 9.92 Å². The van der Waals surface area contributed by atoms with Crippen molar-refractivity contribution in [2.75, 3.05) is 13.2 Å². The summed E-state index contributed by atoms with van der Waals surface area (Å²) >= 11 is 6.22. The first-order valence-corrected chi connectivity index (χ1v) is 12.7. The molecule has 0 fully saturated rings. The molecule has 2 N–H and O–H groups in total. The molecule has 2 aromatic rings. The molecule has 0 bridgehead atoms. The Balaban J connectivity index is 1.51. The van der Waals surface area contributed by atoms with E-state index in [0.29, 0.717) is 6.54 Å². The van der Waals surface area contributed by atoms with Crippen molar-refractivity contribution in [3.05, 3.63) is 70.8 Å². The molecule has 32 heavy (non-hydrogen) atoms. The van der Waals surface area contributed by atoms with Crippen LogP contribution in [0.2, 0.25) is 5.02 Å². The van der Waals surface area contributed by atoms with Gasteiger partial charge in [0.1, 0.15) is 5.75 Å². The Morgan fingerprint density at radius 1 is 1.16 bits per heavy atom. The minimum Gasteiger partial charge on any atom is -0.482 e. The first-order valence-electron chi connectivity index (χ1n) is 10.8. The van der Waals surface area contributed by atoms with E-state index in [1.54, 1.807) is 6.92 Å². The zero-order valence-corrected chi connectivity index (χ0v) is 19.7. The topological polar surface area (TPSA) is 84.5 Å². The molecule has 6 nitrogen and oxygen atoms in total. The van der Waals surface area contributed by atoms with E-state index in [1.807, 2.05) is 30.3 Å². The first-order chi connectivity index (χ1) is 15.3. The van der Waals surface area contributed by atoms with E-state index < -0.39 is 16.1 Å². The number of rotatable bonds is 10. The van der Waals surface area contributed by atoms with Crippen molar-refractivity contribution >= 4 is 27.5 Å². The summed E-state index contributed by atoms with van der Waals surface area (Å²) in [6, 6.07) is 13.1. The minimum absolute atomic E-state index is 0.0304. The van der Waals surface area contributed by atoms with E-state index in [4.69, 9.17) is 16.3 Å². The van der Waals surface area contributed by atoms with Gasteiger partial charge >= 0.3 is 0 Å². The highest BCUT2D eigenvalue weighted by Gasteiger charge is 2.20. The number of amides is 1. The van der Waals surface area contributed by atoms with E-state index in [0.717, 1.165) is 24.8 Å². The van der Waals surface area contributed by atoms with E-state index in [-0.39, 0.29) is 28.2 Å². The number of nitrogens with one attached hydrogen (secondary N) is 2. The van der Waals surface area contributed by atoms with Crippen LogP contribution in [0.3, 0.4) is 0 Å². The molecule has 0 aliphatic heterocycles. The quantitative estimate of drug-likeness (QED) is 0.484. The summed E-state index contributed by atoms with van der Waals surface area (Å²) in [5, 5.41) is 2.96. The van der Waals surface area contributed by atoms with Crippen LogP contribution in [0.1, 0.15) is 50.6 Å². The average Bonchev–Trinajstić information content (AvgIpc) is 2.79. The molecule has 0 spiro atoms. The predicted octanol–water partition coefficient (Wildman–Crippen LogP) is 4.77. The molecule has 0 saturated heterocycles. The fraction of sp³-hybridized carbons (Fsp3) is 0.375. The lowest BCUT2D eigenvalue weighted by Gasteiger charge is -2.15. The Kier molecular flexibility index (Phi) is 8.73. The second kappa shape index (κ2) is 11.5. The number of halogens is 1. The van der Waals surface area contributed by atoms with Gasteiger partial charge in [0.25, 0.3) is 5.91 Å². The monoisotopic (exact) mass is 476 g/mol. The molecule has 3 rings (SSSR count). The zero-order valence-electron chi connectivity index (χ0n) is 18.1. The molecule has 0 heterocycles. The summed E-state index contributed by atoms with van der Waals surface area (Å²) in [5.74, 6) is 0.0133. The van der Waals surface area contributed by atoms with E-state index >= 15 is 0 Å². The Labute approximate surface area is 195 Å². The van der Waals surface area contributed by atoms with Crippen LogP contribution in [0.25, 0.3) is 0 Å². The molecular weight excluding hydrogens is 448 g/mol. The largest absolute Gasteiger partial charge is 0.482 e. The second-order valence-corrected chi connectivity index (χ2v) is 9.96. The lowest BCUT2D eigenvalue weighted by Crippen LogP contribution is -2.30. The number of carbonyl (C=O) groups excluding carboxylic acids is 1. The van der Waals surface area contributed by atoms with Gasteiger partial charge in [0.2, 0.25) is 10.0 Å². The lowest BCUT2D eigenvalue weighted by molar-refractivity contribution is -0.123. The van der Waals surface area contributed by atoms with Crippen molar-refractivity contribution in [3.8, 4) is 5.75 Å². The highest BCUT2D eigenvalue weighted by Crippen LogP contribution is 2.28. The van der Waals surface area contributed by atoms with Gasteiger partial charge in [-0.2, -0.15) is 0 Å². The summed E-state index contributed by atoms with van der Waals surface area (Å²) in [4.78, 5) is 12.1. The maximum atomic E-state index is 12.7. The predicted molar refractivity (Wildman–Crippen MR) is 126 cm³/mol. The SMILES string of the molecule is CC(NS(=O)(=O)c1ccc(OCC(=O)NCCC2=CCCCC2)c(Cl)c1)c1ccccc1. The number of hydrogen-bond donors (Lipinski definition) is 2. The molecule has 1 unspecified atom stereocenters. The standard InChI is InChI=1S/C24H29ClN2O4S/c1-18(20-10-6-3-7-11-20)27-32(29,30)21-12-13-23(22(25)16-21)31-17-24(28)26-15-14-19-8-4-2-5-9-19/h3,6-8,10-13,16,18,27H,2,4-5,9,14-15,17H2,1H3,(H,26,28). The molecule has 1 amide bonds. The van der Waals surface area contributed by atoms with Crippen molar-refractivity contribution < 1.29 is 17.9 Å². The molecule has 1 atom stereocenters. The smallest absolute Gasteiger partial charge is 0.257 e. The summed E-state index contributed by atoms with van der Waals surface area (Å²) < 4.78 is 33.6. The fourth-order valence-corrected chi connectivity index (χ4v) is 5.12. The molecule has 8 heteroatoms. The van der Waals surface area contributed by atoms with Crippen LogP contribution in [0.15, 0.2) is 65.1 Å². The number of sulfonamides is 1. The lowest BCUT2D eigenvalue weighted by atomic mass is 9.97. The van der Waals surface area contributed by atoms with Crippen molar-refractivity contribution in [2.45, 2.75) is 50.0 Å². The van der Waals surface area contributed by atoms with Crippen molar-refractivity contribution in [3.63, 3.8) is 0 Å². The maximum Gasteiger partial charge on any atom is 0.257 e. The Bertz CT molecular complexity index is 1050. The number of ether oxygens (including phenoxy) is 1. The van der Waals surface area contributed by atoms with Crippen LogP contribution in [0.5, 0.6) is 5.75 Å². The average molecular weight is 477 g/mol.